The number of anilines is 1. The average molecular weight is 373 g/mol. The van der Waals surface area contributed by atoms with Gasteiger partial charge in [-0.25, -0.2) is 13.1 Å². The number of hydrogen-bond acceptors (Lipinski definition) is 4. The Labute approximate surface area is 154 Å². The van der Waals surface area contributed by atoms with E-state index in [0.29, 0.717) is 18.7 Å². The Morgan fingerprint density at radius 2 is 1.88 bits per heavy atom. The molecule has 0 saturated carbocycles. The first-order chi connectivity index (χ1) is 12.4. The van der Waals surface area contributed by atoms with E-state index in [0.717, 1.165) is 5.69 Å². The molecule has 2 N–H and O–H groups in total. The molecule has 0 heterocycles. The normalized spacial score (nSPS) is 11.0. The lowest BCUT2D eigenvalue weighted by Crippen LogP contribution is -2.33. The van der Waals surface area contributed by atoms with E-state index >= 15 is 0 Å². The van der Waals surface area contributed by atoms with Crippen molar-refractivity contribution in [1.82, 2.24) is 10.0 Å². The molecular weight excluding hydrogens is 350 g/mol. The number of amides is 1. The van der Waals surface area contributed by atoms with Crippen molar-refractivity contribution in [3.8, 4) is 0 Å². The molecule has 6 nitrogen and oxygen atoms in total. The molecule has 0 atom stereocenters. The molecule has 0 radical (unpaired) electrons. The Morgan fingerprint density at radius 1 is 1.15 bits per heavy atom. The summed E-state index contributed by atoms with van der Waals surface area (Å²) in [6.07, 6.45) is 1.46. The van der Waals surface area contributed by atoms with Crippen LogP contribution in [0.4, 0.5) is 5.69 Å². The Kier molecular flexibility index (Phi) is 6.94. The monoisotopic (exact) mass is 373 g/mol. The van der Waals surface area contributed by atoms with Crippen molar-refractivity contribution in [2.75, 3.05) is 31.6 Å². The van der Waals surface area contributed by atoms with Crippen LogP contribution in [0.1, 0.15) is 10.4 Å². The second-order valence-electron chi connectivity index (χ2n) is 5.68. The van der Waals surface area contributed by atoms with Crippen molar-refractivity contribution in [2.45, 2.75) is 4.90 Å². The van der Waals surface area contributed by atoms with Crippen molar-refractivity contribution in [1.29, 1.82) is 0 Å². The van der Waals surface area contributed by atoms with Gasteiger partial charge in [0.05, 0.1) is 4.90 Å². The zero-order chi connectivity index (χ0) is 19.0. The highest BCUT2D eigenvalue weighted by Crippen LogP contribution is 2.12. The summed E-state index contributed by atoms with van der Waals surface area (Å²) in [7, 11) is -1.71. The Hall–Kier alpha value is -2.64. The predicted octanol–water partition coefficient (Wildman–Crippen LogP) is 2.02. The van der Waals surface area contributed by atoms with Gasteiger partial charge in [-0.15, -0.1) is 6.58 Å². The summed E-state index contributed by atoms with van der Waals surface area (Å²) < 4.78 is 26.6. The smallest absolute Gasteiger partial charge is 0.251 e. The molecule has 2 rings (SSSR count). The summed E-state index contributed by atoms with van der Waals surface area (Å²) in [6.45, 7) is 4.68. The van der Waals surface area contributed by atoms with Crippen molar-refractivity contribution < 1.29 is 13.2 Å². The van der Waals surface area contributed by atoms with Crippen LogP contribution in [-0.2, 0) is 10.0 Å². The molecule has 2 aromatic rings. The van der Waals surface area contributed by atoms with Crippen molar-refractivity contribution >= 4 is 21.6 Å². The maximum Gasteiger partial charge on any atom is 0.251 e. The van der Waals surface area contributed by atoms with E-state index in [1.807, 2.05) is 42.3 Å². The lowest BCUT2D eigenvalue weighted by Gasteiger charge is -2.19. The Balaban J connectivity index is 1.95. The van der Waals surface area contributed by atoms with E-state index in [1.165, 1.54) is 18.2 Å². The van der Waals surface area contributed by atoms with Crippen LogP contribution in [0.2, 0.25) is 0 Å². The van der Waals surface area contributed by atoms with Crippen molar-refractivity contribution in [3.05, 3.63) is 72.8 Å². The molecule has 0 aromatic heterocycles. The van der Waals surface area contributed by atoms with E-state index in [-0.39, 0.29) is 17.3 Å². The summed E-state index contributed by atoms with van der Waals surface area (Å²) in [6, 6.07) is 15.8. The molecule has 0 aliphatic rings. The topological polar surface area (TPSA) is 78.5 Å². The van der Waals surface area contributed by atoms with Crippen LogP contribution in [0.3, 0.4) is 0 Å². The number of nitrogens with one attached hydrogen (secondary N) is 2. The van der Waals surface area contributed by atoms with Gasteiger partial charge in [-0.3, -0.25) is 4.79 Å². The van der Waals surface area contributed by atoms with E-state index in [9.17, 15) is 13.2 Å². The van der Waals surface area contributed by atoms with Gasteiger partial charge in [0, 0.05) is 37.9 Å². The van der Waals surface area contributed by atoms with E-state index in [2.05, 4.69) is 16.6 Å². The van der Waals surface area contributed by atoms with Gasteiger partial charge in [0.25, 0.3) is 5.91 Å². The third kappa shape index (κ3) is 5.44. The quantitative estimate of drug-likeness (QED) is 0.659. The van der Waals surface area contributed by atoms with Crippen LogP contribution >= 0.6 is 0 Å². The number of carbonyl (C=O) groups excluding carboxylic acids is 1. The lowest BCUT2D eigenvalue weighted by molar-refractivity contribution is 0.0954. The highest BCUT2D eigenvalue weighted by molar-refractivity contribution is 7.89. The van der Waals surface area contributed by atoms with E-state index in [4.69, 9.17) is 0 Å². The van der Waals surface area contributed by atoms with Crippen molar-refractivity contribution in [3.63, 3.8) is 0 Å². The maximum atomic E-state index is 12.3. The van der Waals surface area contributed by atoms with Crippen LogP contribution in [0.25, 0.3) is 0 Å². The summed E-state index contributed by atoms with van der Waals surface area (Å²) in [5.74, 6) is -0.313. The molecule has 0 bridgehead atoms. The van der Waals surface area contributed by atoms with Gasteiger partial charge in [0.15, 0.2) is 0 Å². The van der Waals surface area contributed by atoms with E-state index in [1.54, 1.807) is 12.1 Å². The Bertz CT molecular complexity index is 851. The molecule has 0 aliphatic carbocycles. The largest absolute Gasteiger partial charge is 0.373 e. The van der Waals surface area contributed by atoms with Crippen LogP contribution in [0.5, 0.6) is 0 Å². The lowest BCUT2D eigenvalue weighted by atomic mass is 10.2. The Morgan fingerprint density at radius 3 is 2.58 bits per heavy atom. The number of benzene rings is 2. The number of para-hydroxylation sites is 1. The predicted molar refractivity (Wildman–Crippen MR) is 104 cm³/mol. The summed E-state index contributed by atoms with van der Waals surface area (Å²) in [4.78, 5) is 14.4. The first kappa shape index (κ1) is 19.7. The number of sulfonamides is 1. The van der Waals surface area contributed by atoms with Gasteiger partial charge in [0.2, 0.25) is 10.0 Å². The molecule has 0 aliphatic heterocycles. The van der Waals surface area contributed by atoms with E-state index < -0.39 is 10.0 Å². The SMILES string of the molecule is C=CCNS(=O)(=O)c1cccc(C(=O)NCCN(C)c2ccccc2)c1. The van der Waals surface area contributed by atoms with Gasteiger partial charge >= 0.3 is 0 Å². The first-order valence-electron chi connectivity index (χ1n) is 8.19. The zero-order valence-electron chi connectivity index (χ0n) is 14.7. The van der Waals surface area contributed by atoms with Crippen LogP contribution in [0.15, 0.2) is 72.1 Å². The van der Waals surface area contributed by atoms with Crippen LogP contribution in [-0.4, -0.2) is 41.0 Å². The summed E-state index contributed by atoms with van der Waals surface area (Å²) in [5, 5.41) is 2.81. The second kappa shape index (κ2) is 9.17. The summed E-state index contributed by atoms with van der Waals surface area (Å²) >= 11 is 0. The van der Waals surface area contributed by atoms with Crippen LogP contribution < -0.4 is 14.9 Å². The van der Waals surface area contributed by atoms with Gasteiger partial charge in [-0.2, -0.15) is 0 Å². The highest BCUT2D eigenvalue weighted by atomic mass is 32.2. The number of rotatable bonds is 9. The fourth-order valence-electron chi connectivity index (χ4n) is 2.31. The number of likely N-dealkylation sites (N-methyl/N-ethyl adjacent to an activating group) is 1. The third-order valence-electron chi connectivity index (χ3n) is 3.75. The van der Waals surface area contributed by atoms with Crippen molar-refractivity contribution in [2.24, 2.45) is 0 Å². The van der Waals surface area contributed by atoms with Gasteiger partial charge in [-0.05, 0) is 30.3 Å². The molecule has 7 heteroatoms. The molecule has 1 amide bonds. The molecule has 26 heavy (non-hydrogen) atoms. The third-order valence-corrected chi connectivity index (χ3v) is 5.18. The number of carbonyl (C=O) groups is 1. The molecule has 0 saturated heterocycles. The fourth-order valence-corrected chi connectivity index (χ4v) is 3.35. The van der Waals surface area contributed by atoms with Gasteiger partial charge < -0.3 is 10.2 Å². The molecule has 2 aromatic carbocycles. The minimum absolute atomic E-state index is 0.0494. The first-order valence-corrected chi connectivity index (χ1v) is 9.67. The zero-order valence-corrected chi connectivity index (χ0v) is 15.5. The molecule has 138 valence electrons. The number of nitrogens with zero attached hydrogens (tertiary/aromatic N) is 1. The molecular formula is C19H23N3O3S. The molecule has 0 fully saturated rings. The number of hydrogen-bond donors (Lipinski definition) is 2. The van der Waals surface area contributed by atoms with Gasteiger partial charge in [0.1, 0.15) is 0 Å². The average Bonchev–Trinajstić information content (AvgIpc) is 2.67. The second-order valence-corrected chi connectivity index (χ2v) is 7.45. The van der Waals surface area contributed by atoms with Gasteiger partial charge in [-0.1, -0.05) is 30.3 Å². The fraction of sp³-hybridized carbons (Fsp3) is 0.211. The molecule has 0 unspecified atom stereocenters. The molecule has 0 spiro atoms. The minimum Gasteiger partial charge on any atom is -0.373 e. The maximum absolute atomic E-state index is 12.3. The summed E-state index contributed by atoms with van der Waals surface area (Å²) in [5.41, 5.74) is 1.36. The standard InChI is InChI=1S/C19H23N3O3S/c1-3-12-21-26(24,25)18-11-7-8-16(15-18)19(23)20-13-14-22(2)17-9-5-4-6-10-17/h3-11,15,21H,1,12-14H2,2H3,(H,20,23). The van der Waals surface area contributed by atoms with Crippen LogP contribution in [0, 0.1) is 0 Å². The highest BCUT2D eigenvalue weighted by Gasteiger charge is 2.15. The minimum atomic E-state index is -3.66.